The van der Waals surface area contributed by atoms with Gasteiger partial charge in [-0.1, -0.05) is 35.3 Å². The summed E-state index contributed by atoms with van der Waals surface area (Å²) in [5, 5.41) is 3.15. The molecule has 0 heterocycles. The van der Waals surface area contributed by atoms with Crippen LogP contribution in [0.15, 0.2) is 42.5 Å². The van der Waals surface area contributed by atoms with Crippen molar-refractivity contribution in [1.82, 2.24) is 4.90 Å². The standard InChI is InChI=1S/C17H15Cl2FN2O3/c1-22(16(24)10-25-12-5-2-4-11(20)8-12)9-15(23)21-17-13(18)6-3-7-14(17)19/h2-8H,9-10H2,1H3,(H,21,23). The van der Waals surface area contributed by atoms with Gasteiger partial charge in [0.05, 0.1) is 22.3 Å². The van der Waals surface area contributed by atoms with Crippen LogP contribution in [0.5, 0.6) is 5.75 Å². The van der Waals surface area contributed by atoms with Crippen molar-refractivity contribution >= 4 is 40.7 Å². The number of nitrogens with one attached hydrogen (secondary N) is 1. The molecule has 8 heteroatoms. The van der Waals surface area contributed by atoms with Crippen molar-refractivity contribution in [3.05, 3.63) is 58.3 Å². The Bertz CT molecular complexity index is 766. The topological polar surface area (TPSA) is 58.6 Å². The zero-order valence-corrected chi connectivity index (χ0v) is 14.8. The fourth-order valence-electron chi connectivity index (χ4n) is 1.91. The van der Waals surface area contributed by atoms with Crippen molar-refractivity contribution in [2.45, 2.75) is 0 Å². The Balaban J connectivity index is 1.87. The number of benzene rings is 2. The summed E-state index contributed by atoms with van der Waals surface area (Å²) in [6.07, 6.45) is 0. The highest BCUT2D eigenvalue weighted by atomic mass is 35.5. The second-order valence-corrected chi connectivity index (χ2v) is 5.96. The molecular formula is C17H15Cl2FN2O3. The van der Waals surface area contributed by atoms with Crippen LogP contribution in [0.4, 0.5) is 10.1 Å². The lowest BCUT2D eigenvalue weighted by Gasteiger charge is -2.17. The third-order valence-corrected chi connectivity index (χ3v) is 3.82. The van der Waals surface area contributed by atoms with E-state index in [4.69, 9.17) is 27.9 Å². The van der Waals surface area contributed by atoms with Crippen LogP contribution < -0.4 is 10.1 Å². The first kappa shape index (κ1) is 19.0. The molecule has 0 fully saturated rings. The fourth-order valence-corrected chi connectivity index (χ4v) is 2.40. The zero-order valence-electron chi connectivity index (χ0n) is 13.3. The summed E-state index contributed by atoms with van der Waals surface area (Å²) in [4.78, 5) is 25.2. The Morgan fingerprint density at radius 3 is 2.44 bits per heavy atom. The Kier molecular flexibility index (Phi) is 6.61. The Labute approximate surface area is 154 Å². The number of amides is 2. The van der Waals surface area contributed by atoms with E-state index in [1.807, 2.05) is 0 Å². The van der Waals surface area contributed by atoms with Crippen LogP contribution in [0.1, 0.15) is 0 Å². The minimum Gasteiger partial charge on any atom is -0.484 e. The van der Waals surface area contributed by atoms with E-state index in [0.29, 0.717) is 10.0 Å². The minimum atomic E-state index is -0.464. The van der Waals surface area contributed by atoms with Crippen molar-refractivity contribution in [3.63, 3.8) is 0 Å². The number of anilines is 1. The van der Waals surface area contributed by atoms with Gasteiger partial charge in [-0.15, -0.1) is 0 Å². The maximum absolute atomic E-state index is 13.0. The third kappa shape index (κ3) is 5.62. The molecule has 5 nitrogen and oxygen atoms in total. The van der Waals surface area contributed by atoms with Gasteiger partial charge in [0.2, 0.25) is 5.91 Å². The summed E-state index contributed by atoms with van der Waals surface area (Å²) in [6.45, 7) is -0.535. The molecule has 0 unspecified atom stereocenters. The smallest absolute Gasteiger partial charge is 0.260 e. The zero-order chi connectivity index (χ0) is 18.4. The summed E-state index contributed by atoms with van der Waals surface area (Å²) >= 11 is 11.9. The monoisotopic (exact) mass is 384 g/mol. The molecule has 0 saturated heterocycles. The summed E-state index contributed by atoms with van der Waals surface area (Å²) in [6, 6.07) is 10.3. The summed E-state index contributed by atoms with van der Waals surface area (Å²) in [7, 11) is 1.45. The number of carbonyl (C=O) groups excluding carboxylic acids is 2. The molecule has 2 aromatic rings. The maximum atomic E-state index is 13.0. The van der Waals surface area contributed by atoms with Crippen LogP contribution in [0.2, 0.25) is 10.0 Å². The summed E-state index contributed by atoms with van der Waals surface area (Å²) < 4.78 is 18.2. The van der Waals surface area contributed by atoms with E-state index in [2.05, 4.69) is 5.32 Å². The molecular weight excluding hydrogens is 370 g/mol. The maximum Gasteiger partial charge on any atom is 0.260 e. The molecule has 0 aliphatic rings. The van der Waals surface area contributed by atoms with Crippen LogP contribution in [-0.4, -0.2) is 36.9 Å². The number of hydrogen-bond acceptors (Lipinski definition) is 3. The average Bonchev–Trinajstić information content (AvgIpc) is 2.56. The Morgan fingerprint density at radius 2 is 1.80 bits per heavy atom. The van der Waals surface area contributed by atoms with Gasteiger partial charge in [-0.2, -0.15) is 0 Å². The highest BCUT2D eigenvalue weighted by molar-refractivity contribution is 6.39. The quantitative estimate of drug-likeness (QED) is 0.827. The molecule has 25 heavy (non-hydrogen) atoms. The van der Waals surface area contributed by atoms with Crippen LogP contribution >= 0.6 is 23.2 Å². The van der Waals surface area contributed by atoms with E-state index < -0.39 is 17.6 Å². The average molecular weight is 385 g/mol. The predicted molar refractivity (Wildman–Crippen MR) is 94.6 cm³/mol. The normalized spacial score (nSPS) is 10.2. The molecule has 0 atom stereocenters. The summed E-state index contributed by atoms with van der Waals surface area (Å²) in [5.74, 6) is -1.13. The van der Waals surface area contributed by atoms with E-state index in [1.165, 1.54) is 36.2 Å². The first-order chi connectivity index (χ1) is 11.9. The van der Waals surface area contributed by atoms with Gasteiger partial charge in [0.15, 0.2) is 6.61 Å². The van der Waals surface area contributed by atoms with E-state index in [-0.39, 0.29) is 24.6 Å². The van der Waals surface area contributed by atoms with Gasteiger partial charge >= 0.3 is 0 Å². The number of rotatable bonds is 6. The number of likely N-dealkylation sites (N-methyl/N-ethyl adjacent to an activating group) is 1. The van der Waals surface area contributed by atoms with E-state index in [9.17, 15) is 14.0 Å². The van der Waals surface area contributed by atoms with Crippen molar-refractivity contribution in [2.75, 3.05) is 25.5 Å². The lowest BCUT2D eigenvalue weighted by Crippen LogP contribution is -2.37. The van der Waals surface area contributed by atoms with Crippen LogP contribution in [-0.2, 0) is 9.59 Å². The predicted octanol–water partition coefficient (Wildman–Crippen LogP) is 3.61. The number of carbonyl (C=O) groups is 2. The molecule has 0 spiro atoms. The molecule has 132 valence electrons. The molecule has 1 N–H and O–H groups in total. The first-order valence-electron chi connectivity index (χ1n) is 7.23. The molecule has 0 bridgehead atoms. The second kappa shape index (κ2) is 8.69. The molecule has 0 aliphatic heterocycles. The number of halogens is 3. The molecule has 0 saturated carbocycles. The number of para-hydroxylation sites is 1. The van der Waals surface area contributed by atoms with Crippen molar-refractivity contribution < 1.29 is 18.7 Å². The van der Waals surface area contributed by atoms with E-state index in [1.54, 1.807) is 18.2 Å². The first-order valence-corrected chi connectivity index (χ1v) is 7.98. The van der Waals surface area contributed by atoms with Gasteiger partial charge in [-0.05, 0) is 24.3 Å². The molecule has 2 rings (SSSR count). The highest BCUT2D eigenvalue weighted by Crippen LogP contribution is 2.29. The molecule has 0 aromatic heterocycles. The Hall–Kier alpha value is -2.31. The molecule has 2 amide bonds. The number of ether oxygens (including phenoxy) is 1. The fraction of sp³-hybridized carbons (Fsp3) is 0.176. The van der Waals surface area contributed by atoms with Gasteiger partial charge in [-0.25, -0.2) is 4.39 Å². The van der Waals surface area contributed by atoms with Crippen LogP contribution in [0.25, 0.3) is 0 Å². The van der Waals surface area contributed by atoms with Gasteiger partial charge in [-0.3, -0.25) is 9.59 Å². The Morgan fingerprint density at radius 1 is 1.16 bits per heavy atom. The SMILES string of the molecule is CN(CC(=O)Nc1c(Cl)cccc1Cl)C(=O)COc1cccc(F)c1. The van der Waals surface area contributed by atoms with Crippen molar-refractivity contribution in [3.8, 4) is 5.75 Å². The lowest BCUT2D eigenvalue weighted by molar-refractivity contribution is -0.135. The van der Waals surface area contributed by atoms with Crippen molar-refractivity contribution in [1.29, 1.82) is 0 Å². The van der Waals surface area contributed by atoms with E-state index in [0.717, 1.165) is 0 Å². The second-order valence-electron chi connectivity index (χ2n) is 5.14. The third-order valence-electron chi connectivity index (χ3n) is 3.19. The lowest BCUT2D eigenvalue weighted by atomic mass is 10.3. The highest BCUT2D eigenvalue weighted by Gasteiger charge is 2.16. The molecule has 0 aliphatic carbocycles. The van der Waals surface area contributed by atoms with Gasteiger partial charge in [0, 0.05) is 13.1 Å². The largest absolute Gasteiger partial charge is 0.484 e. The van der Waals surface area contributed by atoms with Crippen molar-refractivity contribution in [2.24, 2.45) is 0 Å². The van der Waals surface area contributed by atoms with Crippen LogP contribution in [0, 0.1) is 5.82 Å². The van der Waals surface area contributed by atoms with Crippen LogP contribution in [0.3, 0.4) is 0 Å². The minimum absolute atomic E-state index is 0.215. The van der Waals surface area contributed by atoms with Gasteiger partial charge < -0.3 is 15.0 Å². The summed E-state index contributed by atoms with van der Waals surface area (Å²) in [5.41, 5.74) is 0.285. The van der Waals surface area contributed by atoms with Gasteiger partial charge in [0.25, 0.3) is 5.91 Å². The molecule has 2 aromatic carbocycles. The molecule has 0 radical (unpaired) electrons. The number of hydrogen-bond donors (Lipinski definition) is 1. The van der Waals surface area contributed by atoms with Gasteiger partial charge in [0.1, 0.15) is 11.6 Å². The van der Waals surface area contributed by atoms with E-state index >= 15 is 0 Å². The number of nitrogens with zero attached hydrogens (tertiary/aromatic N) is 1.